The van der Waals surface area contributed by atoms with E-state index in [0.717, 1.165) is 14.2 Å². The number of aliphatic imine (C=N–C) groups is 1. The van der Waals surface area contributed by atoms with Crippen LogP contribution in [0.3, 0.4) is 0 Å². The van der Waals surface area contributed by atoms with Crippen molar-refractivity contribution in [3.05, 3.63) is 48.0 Å². The van der Waals surface area contributed by atoms with E-state index in [0.29, 0.717) is 34.9 Å². The zero-order chi connectivity index (χ0) is 25.1. The smallest absolute Gasteiger partial charge is 0.436 e. The number of ether oxygens (including phenoxy) is 3. The number of methoxy groups -OCH3 is 2. The van der Waals surface area contributed by atoms with Gasteiger partial charge in [-0.25, -0.2) is 9.59 Å². The Morgan fingerprint density at radius 3 is 2.29 bits per heavy atom. The van der Waals surface area contributed by atoms with Gasteiger partial charge in [0.15, 0.2) is 5.78 Å². The number of anilines is 2. The Balaban J connectivity index is 2.39. The van der Waals surface area contributed by atoms with Crippen molar-refractivity contribution in [2.24, 2.45) is 4.99 Å². The number of carbonyl (C=O) groups is 4. The number of hydrogen-bond donors (Lipinski definition) is 3. The van der Waals surface area contributed by atoms with Crippen molar-refractivity contribution in [2.75, 3.05) is 24.9 Å². The van der Waals surface area contributed by atoms with Crippen molar-refractivity contribution in [1.29, 1.82) is 0 Å². The van der Waals surface area contributed by atoms with Crippen LogP contribution in [0.4, 0.5) is 21.0 Å². The summed E-state index contributed by atoms with van der Waals surface area (Å²) in [5.41, 5.74) is 1.08. The van der Waals surface area contributed by atoms with Crippen LogP contribution in [-0.4, -0.2) is 44.1 Å². The van der Waals surface area contributed by atoms with Crippen LogP contribution in [0.25, 0.3) is 0 Å². The fourth-order valence-electron chi connectivity index (χ4n) is 2.65. The first kappa shape index (κ1) is 25.8. The molecule has 2 aromatic rings. The second-order valence-corrected chi connectivity index (χ2v) is 6.86. The molecule has 3 amide bonds. The summed E-state index contributed by atoms with van der Waals surface area (Å²) in [4.78, 5) is 50.8. The molecule has 11 nitrogen and oxygen atoms in total. The van der Waals surface area contributed by atoms with E-state index in [2.05, 4.69) is 30.4 Å². The summed E-state index contributed by atoms with van der Waals surface area (Å²) in [7, 11) is 2.28. The van der Waals surface area contributed by atoms with Crippen LogP contribution < -0.4 is 20.7 Å². The van der Waals surface area contributed by atoms with Crippen molar-refractivity contribution in [3.63, 3.8) is 0 Å². The van der Waals surface area contributed by atoms with Gasteiger partial charge in [-0.1, -0.05) is 19.1 Å². The van der Waals surface area contributed by atoms with Crippen LogP contribution in [-0.2, 0) is 14.3 Å². The summed E-state index contributed by atoms with van der Waals surface area (Å²) in [5, 5.41) is 7.78. The molecule has 0 aliphatic rings. The average Bonchev–Trinajstić information content (AvgIpc) is 2.80. The highest BCUT2D eigenvalue weighted by Gasteiger charge is 2.14. The molecule has 34 heavy (non-hydrogen) atoms. The molecule has 0 aromatic heterocycles. The van der Waals surface area contributed by atoms with E-state index in [1.165, 1.54) is 6.92 Å². The maximum atomic E-state index is 12.3. The molecule has 0 spiro atoms. The summed E-state index contributed by atoms with van der Waals surface area (Å²) in [6.45, 7) is 3.32. The van der Waals surface area contributed by atoms with E-state index in [-0.39, 0.29) is 24.1 Å². The van der Waals surface area contributed by atoms with Gasteiger partial charge in [0, 0.05) is 18.1 Å². The highest BCUT2D eigenvalue weighted by atomic mass is 16.5. The molecule has 0 unspecified atom stereocenters. The van der Waals surface area contributed by atoms with E-state index in [1.807, 2.05) is 6.92 Å². The molecule has 2 aromatic carbocycles. The van der Waals surface area contributed by atoms with Gasteiger partial charge in [0.25, 0.3) is 0 Å². The van der Waals surface area contributed by atoms with Gasteiger partial charge >= 0.3 is 12.2 Å². The van der Waals surface area contributed by atoms with Crippen LogP contribution in [0.1, 0.15) is 37.0 Å². The third-order valence-electron chi connectivity index (χ3n) is 4.26. The standard InChI is InChI=1S/C23H26N4O7/c1-5-7-20(29)24-19-13-17(34-16-9-6-8-15(12-16)14(2)28)10-11-18(19)25-21(26-22(30)32-3)27-23(31)33-4/h6,8-13H,5,7H2,1-4H3,(H,24,29)(H2,25,26,27,30,31). The van der Waals surface area contributed by atoms with Gasteiger partial charge < -0.3 is 24.8 Å². The summed E-state index contributed by atoms with van der Waals surface area (Å²) < 4.78 is 14.9. The van der Waals surface area contributed by atoms with Crippen molar-refractivity contribution >= 4 is 41.2 Å². The van der Waals surface area contributed by atoms with Gasteiger partial charge in [-0.2, -0.15) is 0 Å². The number of nitrogens with zero attached hydrogens (tertiary/aromatic N) is 1. The molecular weight excluding hydrogens is 444 g/mol. The van der Waals surface area contributed by atoms with E-state index in [9.17, 15) is 19.2 Å². The number of amides is 3. The van der Waals surface area contributed by atoms with Gasteiger partial charge in [0.05, 0.1) is 25.6 Å². The van der Waals surface area contributed by atoms with Crippen LogP contribution >= 0.6 is 0 Å². The van der Waals surface area contributed by atoms with Gasteiger partial charge in [-0.05, 0) is 37.6 Å². The average molecular weight is 470 g/mol. The third-order valence-corrected chi connectivity index (χ3v) is 4.26. The van der Waals surface area contributed by atoms with Crippen molar-refractivity contribution in [2.45, 2.75) is 26.7 Å². The third kappa shape index (κ3) is 7.93. The summed E-state index contributed by atoms with van der Waals surface area (Å²) in [6, 6.07) is 11.4. The minimum absolute atomic E-state index is 0.104. The lowest BCUT2D eigenvalue weighted by atomic mass is 10.1. The minimum Gasteiger partial charge on any atom is -0.457 e. The molecule has 11 heteroatoms. The Labute approximate surface area is 196 Å². The number of guanidine groups is 1. The fraction of sp³-hybridized carbons (Fsp3) is 0.261. The number of benzene rings is 2. The normalized spacial score (nSPS) is 10.6. The highest BCUT2D eigenvalue weighted by Crippen LogP contribution is 2.31. The molecule has 0 atom stereocenters. The molecule has 0 saturated carbocycles. The van der Waals surface area contributed by atoms with Crippen LogP contribution in [0.2, 0.25) is 0 Å². The van der Waals surface area contributed by atoms with Gasteiger partial charge in [0.1, 0.15) is 11.5 Å². The predicted molar refractivity (Wildman–Crippen MR) is 126 cm³/mol. The first-order valence-electron chi connectivity index (χ1n) is 10.3. The lowest BCUT2D eigenvalue weighted by Gasteiger charge is -2.16. The molecule has 180 valence electrons. The number of hydrogen-bond acceptors (Lipinski definition) is 7. The van der Waals surface area contributed by atoms with E-state index in [1.54, 1.807) is 42.5 Å². The monoisotopic (exact) mass is 470 g/mol. The second-order valence-electron chi connectivity index (χ2n) is 6.86. The number of carbonyl (C=O) groups excluding carboxylic acids is 4. The first-order valence-corrected chi connectivity index (χ1v) is 10.3. The number of nitrogens with one attached hydrogen (secondary N) is 3. The number of alkyl carbamates (subject to hydrolysis) is 1. The first-order chi connectivity index (χ1) is 16.2. The molecule has 0 aliphatic carbocycles. The van der Waals surface area contributed by atoms with Crippen LogP contribution in [0, 0.1) is 0 Å². The SMILES string of the molecule is CCCC(=O)Nc1cc(Oc2cccc(C(C)=O)c2)ccc1NC(=NC(=O)OC)NC(=O)OC. The van der Waals surface area contributed by atoms with E-state index >= 15 is 0 Å². The van der Waals surface area contributed by atoms with Gasteiger partial charge in [0.2, 0.25) is 11.9 Å². The predicted octanol–water partition coefficient (Wildman–Crippen LogP) is 4.31. The Morgan fingerprint density at radius 1 is 0.912 bits per heavy atom. The van der Waals surface area contributed by atoms with Crippen molar-refractivity contribution in [3.8, 4) is 11.5 Å². The molecule has 0 aliphatic heterocycles. The lowest BCUT2D eigenvalue weighted by molar-refractivity contribution is -0.116. The summed E-state index contributed by atoms with van der Waals surface area (Å²) in [5.74, 6) is 0.152. The topological polar surface area (TPSA) is 144 Å². The Hall–Kier alpha value is -4.41. The number of Topliss-reactive ketones (excluding diaryl/α,β-unsaturated/α-hetero) is 1. The zero-order valence-corrected chi connectivity index (χ0v) is 19.3. The fourth-order valence-corrected chi connectivity index (χ4v) is 2.65. The zero-order valence-electron chi connectivity index (χ0n) is 19.3. The molecule has 0 saturated heterocycles. The Kier molecular flexibility index (Phi) is 9.56. The molecule has 0 fully saturated rings. The van der Waals surface area contributed by atoms with Crippen LogP contribution in [0.5, 0.6) is 11.5 Å². The van der Waals surface area contributed by atoms with E-state index in [4.69, 9.17) is 4.74 Å². The Morgan fingerprint density at radius 2 is 1.65 bits per heavy atom. The number of rotatable bonds is 7. The lowest BCUT2D eigenvalue weighted by Crippen LogP contribution is -2.36. The second kappa shape index (κ2) is 12.6. The maximum Gasteiger partial charge on any atom is 0.436 e. The summed E-state index contributed by atoms with van der Waals surface area (Å²) in [6.07, 6.45) is -0.950. The van der Waals surface area contributed by atoms with Crippen molar-refractivity contribution < 1.29 is 33.4 Å². The molecule has 3 N–H and O–H groups in total. The number of ketones is 1. The van der Waals surface area contributed by atoms with Gasteiger partial charge in [-0.3, -0.25) is 14.9 Å². The van der Waals surface area contributed by atoms with Gasteiger partial charge in [-0.15, -0.1) is 4.99 Å². The molecule has 2 rings (SSSR count). The molecule has 0 heterocycles. The summed E-state index contributed by atoms with van der Waals surface area (Å²) >= 11 is 0. The highest BCUT2D eigenvalue weighted by molar-refractivity contribution is 6.08. The van der Waals surface area contributed by atoms with Crippen LogP contribution in [0.15, 0.2) is 47.5 Å². The molecular formula is C23H26N4O7. The van der Waals surface area contributed by atoms with Crippen molar-refractivity contribution in [1.82, 2.24) is 5.32 Å². The molecule has 0 radical (unpaired) electrons. The largest absolute Gasteiger partial charge is 0.457 e. The quantitative estimate of drug-likeness (QED) is 0.308. The minimum atomic E-state index is -0.972. The Bertz CT molecular complexity index is 1100. The maximum absolute atomic E-state index is 12.3. The van der Waals surface area contributed by atoms with E-state index < -0.39 is 12.2 Å². The molecule has 0 bridgehead atoms.